The van der Waals surface area contributed by atoms with Crippen molar-refractivity contribution >= 4 is 30.1 Å². The topological polar surface area (TPSA) is 20.2 Å². The van der Waals surface area contributed by atoms with Crippen LogP contribution in [0.5, 0.6) is 0 Å². The molecule has 0 amide bonds. The molecule has 0 heterocycles. The summed E-state index contributed by atoms with van der Waals surface area (Å²) in [5.74, 6) is 0. The first kappa shape index (κ1) is 22.4. The number of benzene rings is 1. The normalized spacial score (nSPS) is 14.5. The average molecular weight is 457 g/mol. The number of aliphatic hydroxyl groups is 1. The summed E-state index contributed by atoms with van der Waals surface area (Å²) in [6.07, 6.45) is 7.78. The number of rotatable bonds is 13. The molecule has 0 saturated heterocycles. The zero-order valence-corrected chi connectivity index (χ0v) is 19.9. The van der Waals surface area contributed by atoms with E-state index in [0.29, 0.717) is 3.27 Å². The second kappa shape index (κ2) is 12.6. The Kier molecular flexibility index (Phi) is 11.8. The monoisotopic (exact) mass is 458 g/mol. The van der Waals surface area contributed by atoms with Gasteiger partial charge in [0.2, 0.25) is 0 Å². The van der Waals surface area contributed by atoms with Gasteiger partial charge in [-0.15, -0.1) is 0 Å². The molecular formula is C21H38OSSn. The first-order chi connectivity index (χ1) is 11.6. The maximum absolute atomic E-state index is 10.7. The van der Waals surface area contributed by atoms with Gasteiger partial charge < -0.3 is 0 Å². The van der Waals surface area contributed by atoms with Crippen LogP contribution in [-0.4, -0.2) is 32.9 Å². The van der Waals surface area contributed by atoms with Crippen molar-refractivity contribution in [3.8, 4) is 0 Å². The fourth-order valence-corrected chi connectivity index (χ4v) is 27.1. The summed E-state index contributed by atoms with van der Waals surface area (Å²) >= 11 is -0.434. The van der Waals surface area contributed by atoms with E-state index in [9.17, 15) is 5.11 Å². The number of thioether (sulfide) groups is 1. The van der Waals surface area contributed by atoms with Crippen LogP contribution >= 0.6 is 11.8 Å². The molecule has 0 bridgehead atoms. The zero-order valence-electron chi connectivity index (χ0n) is 16.3. The molecule has 3 heteroatoms. The predicted octanol–water partition coefficient (Wildman–Crippen LogP) is 6.92. The van der Waals surface area contributed by atoms with Gasteiger partial charge in [-0.25, -0.2) is 0 Å². The van der Waals surface area contributed by atoms with Crippen molar-refractivity contribution in [2.75, 3.05) is 0 Å². The van der Waals surface area contributed by atoms with Gasteiger partial charge in [0.05, 0.1) is 0 Å². The van der Waals surface area contributed by atoms with Crippen molar-refractivity contribution in [1.82, 2.24) is 0 Å². The van der Waals surface area contributed by atoms with Crippen LogP contribution in [0.25, 0.3) is 0 Å². The first-order valence-electron chi connectivity index (χ1n) is 9.99. The molecular weight excluding hydrogens is 419 g/mol. The van der Waals surface area contributed by atoms with Gasteiger partial charge in [0, 0.05) is 0 Å². The van der Waals surface area contributed by atoms with Crippen molar-refractivity contribution in [3.05, 3.63) is 30.3 Å². The molecule has 2 atom stereocenters. The van der Waals surface area contributed by atoms with Crippen LogP contribution in [0.2, 0.25) is 13.3 Å². The van der Waals surface area contributed by atoms with Crippen molar-refractivity contribution in [1.29, 1.82) is 0 Å². The Labute approximate surface area is 158 Å². The van der Waals surface area contributed by atoms with Crippen LogP contribution in [-0.2, 0) is 0 Å². The molecule has 0 aromatic heterocycles. The van der Waals surface area contributed by atoms with Crippen molar-refractivity contribution in [3.63, 3.8) is 0 Å². The molecule has 0 aliphatic heterocycles. The molecule has 0 aliphatic carbocycles. The Morgan fingerprint density at radius 2 is 1.33 bits per heavy atom. The third-order valence-electron chi connectivity index (χ3n) is 5.13. The maximum atomic E-state index is 10.7. The molecule has 0 unspecified atom stereocenters. The van der Waals surface area contributed by atoms with Gasteiger partial charge in [-0.1, -0.05) is 0 Å². The van der Waals surface area contributed by atoms with E-state index < -0.39 is 18.4 Å². The van der Waals surface area contributed by atoms with E-state index in [1.54, 1.807) is 0 Å². The van der Waals surface area contributed by atoms with Crippen LogP contribution in [0.1, 0.15) is 66.2 Å². The van der Waals surface area contributed by atoms with Crippen LogP contribution in [0.3, 0.4) is 0 Å². The van der Waals surface area contributed by atoms with Crippen LogP contribution in [0.15, 0.2) is 35.2 Å². The van der Waals surface area contributed by atoms with Crippen molar-refractivity contribution in [2.45, 2.75) is 93.8 Å². The van der Waals surface area contributed by atoms with E-state index in [1.807, 2.05) is 11.8 Å². The van der Waals surface area contributed by atoms with Gasteiger partial charge in [0.15, 0.2) is 0 Å². The average Bonchev–Trinajstić information content (AvgIpc) is 2.60. The Bertz CT molecular complexity index is 399. The number of hydrogen-bond donors (Lipinski definition) is 1. The van der Waals surface area contributed by atoms with E-state index in [1.165, 1.54) is 56.7 Å². The second-order valence-corrected chi connectivity index (χ2v) is 23.5. The fraction of sp³-hybridized carbons (Fsp3) is 0.714. The summed E-state index contributed by atoms with van der Waals surface area (Å²) < 4.78 is 4.87. The summed E-state index contributed by atoms with van der Waals surface area (Å²) in [6.45, 7) is 9.00. The third-order valence-corrected chi connectivity index (χ3v) is 27.1. The van der Waals surface area contributed by atoms with Crippen molar-refractivity contribution < 1.29 is 5.11 Å². The summed E-state index contributed by atoms with van der Waals surface area (Å²) in [5.41, 5.74) is 0. The van der Waals surface area contributed by atoms with E-state index in [-0.39, 0.29) is 6.10 Å². The molecule has 0 spiro atoms. The Morgan fingerprint density at radius 3 is 1.71 bits per heavy atom. The molecule has 0 saturated carbocycles. The van der Waals surface area contributed by atoms with Gasteiger partial charge >= 0.3 is 159 Å². The molecule has 138 valence electrons. The zero-order chi connectivity index (χ0) is 17.8. The van der Waals surface area contributed by atoms with E-state index in [0.717, 1.165) is 0 Å². The molecule has 1 rings (SSSR count). The Balaban J connectivity index is 3.09. The number of aliphatic hydroxyl groups excluding tert-OH is 1. The minimum absolute atomic E-state index is 0.184. The SMILES string of the molecule is CCC[CH2][Sn]([CH2]CCC)([CH2]CCC)[C@H](Sc1ccccc1)[C@H](C)O. The predicted molar refractivity (Wildman–Crippen MR) is 113 cm³/mol. The number of hydrogen-bond acceptors (Lipinski definition) is 2. The molecule has 24 heavy (non-hydrogen) atoms. The van der Waals surface area contributed by atoms with Gasteiger partial charge in [0.25, 0.3) is 0 Å². The summed E-state index contributed by atoms with van der Waals surface area (Å²) in [6, 6.07) is 10.8. The second-order valence-electron chi connectivity index (χ2n) is 7.27. The van der Waals surface area contributed by atoms with E-state index in [4.69, 9.17) is 0 Å². The first-order valence-corrected chi connectivity index (χ1v) is 18.6. The molecule has 1 N–H and O–H groups in total. The Hall–Kier alpha value is 0.329. The van der Waals surface area contributed by atoms with E-state index in [2.05, 4.69) is 58.0 Å². The van der Waals surface area contributed by atoms with E-state index >= 15 is 0 Å². The molecule has 0 fully saturated rings. The van der Waals surface area contributed by atoms with Crippen molar-refractivity contribution in [2.24, 2.45) is 0 Å². The molecule has 1 aromatic carbocycles. The fourth-order valence-electron chi connectivity index (χ4n) is 3.77. The molecule has 0 radical (unpaired) electrons. The van der Waals surface area contributed by atoms with Crippen LogP contribution in [0.4, 0.5) is 0 Å². The molecule has 1 aromatic rings. The Morgan fingerprint density at radius 1 is 0.875 bits per heavy atom. The third kappa shape index (κ3) is 7.29. The van der Waals surface area contributed by atoms with Gasteiger partial charge in [-0.05, 0) is 0 Å². The molecule has 0 aliphatic rings. The van der Waals surface area contributed by atoms with Gasteiger partial charge in [-0.2, -0.15) is 0 Å². The summed E-state index contributed by atoms with van der Waals surface area (Å²) in [7, 11) is 0. The summed E-state index contributed by atoms with van der Waals surface area (Å²) in [5, 5.41) is 10.7. The van der Waals surface area contributed by atoms with Gasteiger partial charge in [-0.3, -0.25) is 0 Å². The molecule has 1 nitrogen and oxygen atoms in total. The number of unbranched alkanes of at least 4 members (excludes halogenated alkanes) is 3. The standard InChI is InChI=1S/C9H11OS.3C4H9.Sn/c1-8(10)7-11-9-5-3-2-4-6-9;3*1-3-4-2;/h2-8,10H,1H3;3*1,3-4H2,2H3;/t8-;;;;/m0..../s1. The minimum atomic E-state index is -2.43. The van der Waals surface area contributed by atoms with Crippen LogP contribution in [0, 0.1) is 0 Å². The summed E-state index contributed by atoms with van der Waals surface area (Å²) in [4.78, 5) is 1.34. The quantitative estimate of drug-likeness (QED) is 0.256. The van der Waals surface area contributed by atoms with Gasteiger partial charge in [0.1, 0.15) is 0 Å². The van der Waals surface area contributed by atoms with Crippen LogP contribution < -0.4 is 0 Å².